The largest absolute Gasteiger partial charge is 0.472 e. The van der Waals surface area contributed by atoms with Crippen LogP contribution < -0.4 is 0 Å². The van der Waals surface area contributed by atoms with E-state index in [1.54, 1.807) is 12.5 Å². The summed E-state index contributed by atoms with van der Waals surface area (Å²) in [5.74, 6) is -2.73. The fourth-order valence-corrected chi connectivity index (χ4v) is 8.56. The van der Waals surface area contributed by atoms with Crippen molar-refractivity contribution >= 4 is 23.7 Å². The lowest BCUT2D eigenvalue weighted by Crippen LogP contribution is -2.66. The fraction of sp³-hybridized carbons (Fsp3) is 0.688. The van der Waals surface area contributed by atoms with Crippen LogP contribution in [0.3, 0.4) is 0 Å². The summed E-state index contributed by atoms with van der Waals surface area (Å²) in [7, 11) is 1.35. The smallest absolute Gasteiger partial charge is 0.308 e. The summed E-state index contributed by atoms with van der Waals surface area (Å²) in [6.07, 6.45) is 6.36. The molecule has 3 fully saturated rings. The van der Waals surface area contributed by atoms with Crippen molar-refractivity contribution in [3.05, 3.63) is 35.8 Å². The Morgan fingerprint density at radius 2 is 1.88 bits per heavy atom. The molecule has 3 unspecified atom stereocenters. The summed E-state index contributed by atoms with van der Waals surface area (Å²) in [6, 6.07) is 1.84. The molecule has 0 aromatic carbocycles. The number of furan rings is 1. The Morgan fingerprint density at radius 1 is 1.15 bits per heavy atom. The van der Waals surface area contributed by atoms with Crippen LogP contribution in [0, 0.1) is 45.8 Å². The van der Waals surface area contributed by atoms with Gasteiger partial charge in [0.1, 0.15) is 18.0 Å². The first-order chi connectivity index (χ1) is 18.8. The third kappa shape index (κ3) is 4.07. The van der Waals surface area contributed by atoms with Crippen LogP contribution in [-0.4, -0.2) is 36.9 Å². The van der Waals surface area contributed by atoms with Crippen molar-refractivity contribution in [3.63, 3.8) is 0 Å². The minimum absolute atomic E-state index is 0.00445. The Labute approximate surface area is 236 Å². The molecule has 1 aromatic rings. The molecule has 2 saturated carbocycles. The van der Waals surface area contributed by atoms with Crippen LogP contribution in [0.5, 0.6) is 0 Å². The van der Waals surface area contributed by atoms with Gasteiger partial charge in [-0.2, -0.15) is 0 Å². The van der Waals surface area contributed by atoms with E-state index in [1.165, 1.54) is 7.11 Å². The molecule has 0 amide bonds. The highest BCUT2D eigenvalue weighted by atomic mass is 16.6. The molecule has 8 heteroatoms. The van der Waals surface area contributed by atoms with Crippen LogP contribution >= 0.6 is 0 Å². The molecule has 1 saturated heterocycles. The van der Waals surface area contributed by atoms with Crippen molar-refractivity contribution in [3.8, 4) is 0 Å². The first kappa shape index (κ1) is 28.6. The van der Waals surface area contributed by atoms with Crippen LogP contribution in [-0.2, 0) is 33.4 Å². The van der Waals surface area contributed by atoms with E-state index in [1.807, 2.05) is 46.8 Å². The Morgan fingerprint density at radius 3 is 2.50 bits per heavy atom. The van der Waals surface area contributed by atoms with E-state index in [2.05, 4.69) is 6.92 Å². The number of hydrogen-bond donors (Lipinski definition) is 0. The molecule has 8 nitrogen and oxygen atoms in total. The zero-order valence-electron chi connectivity index (χ0n) is 24.7. The molecular weight excluding hydrogens is 512 g/mol. The molecule has 0 radical (unpaired) electrons. The van der Waals surface area contributed by atoms with E-state index in [9.17, 15) is 19.2 Å². The van der Waals surface area contributed by atoms with Gasteiger partial charge in [0.05, 0.1) is 37.9 Å². The molecule has 3 aliphatic carbocycles. The summed E-state index contributed by atoms with van der Waals surface area (Å²) in [4.78, 5) is 53.4. The van der Waals surface area contributed by atoms with Gasteiger partial charge in [-0.25, -0.2) is 0 Å². The summed E-state index contributed by atoms with van der Waals surface area (Å²) >= 11 is 0. The topological polar surface area (TPSA) is 109 Å². The number of hydrogen-bond acceptors (Lipinski definition) is 8. The number of cyclic esters (lactones) is 1. The number of carbonyl (C=O) groups excluding carboxylic acids is 4. The van der Waals surface area contributed by atoms with E-state index in [4.69, 9.17) is 18.6 Å². The Bertz CT molecular complexity index is 1230. The number of rotatable bonds is 6. The van der Waals surface area contributed by atoms with Crippen molar-refractivity contribution in [2.24, 2.45) is 45.8 Å². The molecule has 0 N–H and O–H groups in total. The minimum Gasteiger partial charge on any atom is -0.472 e. The molecule has 1 aliphatic heterocycles. The van der Waals surface area contributed by atoms with E-state index >= 15 is 0 Å². The highest BCUT2D eigenvalue weighted by molar-refractivity contribution is 5.93. The number of allylic oxidation sites excluding steroid dienone is 1. The van der Waals surface area contributed by atoms with Gasteiger partial charge in [0.2, 0.25) is 0 Å². The lowest BCUT2D eigenvalue weighted by atomic mass is 9.40. The second-order valence-electron chi connectivity index (χ2n) is 13.4. The van der Waals surface area contributed by atoms with Crippen LogP contribution in [0.1, 0.15) is 85.3 Å². The monoisotopic (exact) mass is 554 g/mol. The fourth-order valence-electron chi connectivity index (χ4n) is 8.56. The standard InChI is InChI=1S/C32H42O8/c1-8-17(2)29(36)40-28-20-13-19-21(32(6,26(20)35)23(30(28,3)4)15-24(33)37-7)9-11-31(5)22(19)14-25(34)39-27(31)18-10-12-38-16-18/h10,12-13,16-17,20-23,27-28H,8-9,11,14-15H2,1-7H3/t17?,20-,21?,22?,23-,27-,28+,31+,32+/m0/s1. The van der Waals surface area contributed by atoms with Crippen molar-refractivity contribution in [1.29, 1.82) is 0 Å². The van der Waals surface area contributed by atoms with Gasteiger partial charge in [-0.05, 0) is 43.1 Å². The Kier molecular flexibility index (Phi) is 7.07. The lowest BCUT2D eigenvalue weighted by Gasteiger charge is -2.63. The number of ketones is 1. The average Bonchev–Trinajstić information content (AvgIpc) is 3.45. The van der Waals surface area contributed by atoms with E-state index in [0.717, 1.165) is 17.6 Å². The van der Waals surface area contributed by atoms with Crippen molar-refractivity contribution in [1.82, 2.24) is 0 Å². The second-order valence-corrected chi connectivity index (χ2v) is 13.4. The number of Topliss-reactive ketones (excluding diaryl/α,β-unsaturated/α-hetero) is 1. The van der Waals surface area contributed by atoms with E-state index < -0.39 is 46.3 Å². The average molecular weight is 555 g/mol. The van der Waals surface area contributed by atoms with Crippen LogP contribution in [0.4, 0.5) is 0 Å². The van der Waals surface area contributed by atoms with Crippen molar-refractivity contribution in [2.75, 3.05) is 7.11 Å². The van der Waals surface area contributed by atoms with Gasteiger partial charge in [0, 0.05) is 28.2 Å². The Balaban J connectivity index is 1.65. The quantitative estimate of drug-likeness (QED) is 0.254. The molecule has 4 aliphatic rings. The zero-order valence-corrected chi connectivity index (χ0v) is 24.7. The minimum atomic E-state index is -0.889. The van der Waals surface area contributed by atoms with Gasteiger partial charge in [0.25, 0.3) is 0 Å². The SMILES string of the molecule is CCC(C)C(=O)O[C@@H]1[C@H]2C=C3C4CC(=O)O[C@@H](c5ccoc5)[C@]4(C)CCC3[C@@](C)(C2=O)[C@@H](CC(=O)OC)C1(C)C. The third-order valence-electron chi connectivity index (χ3n) is 11.1. The molecule has 9 atom stereocenters. The first-order valence-electron chi connectivity index (χ1n) is 14.5. The summed E-state index contributed by atoms with van der Waals surface area (Å²) in [6.45, 7) is 11.9. The Hall–Kier alpha value is -2.90. The predicted molar refractivity (Wildman–Crippen MR) is 144 cm³/mol. The number of fused-ring (bicyclic) bond motifs is 6. The zero-order chi connectivity index (χ0) is 29.2. The molecule has 40 heavy (non-hydrogen) atoms. The van der Waals surface area contributed by atoms with Crippen LogP contribution in [0.15, 0.2) is 34.7 Å². The number of esters is 3. The van der Waals surface area contributed by atoms with E-state index in [-0.39, 0.29) is 48.3 Å². The third-order valence-corrected chi connectivity index (χ3v) is 11.1. The van der Waals surface area contributed by atoms with Crippen LogP contribution in [0.2, 0.25) is 0 Å². The van der Waals surface area contributed by atoms with Crippen molar-refractivity contribution in [2.45, 2.75) is 85.9 Å². The summed E-state index contributed by atoms with van der Waals surface area (Å²) in [5, 5.41) is 0. The molecule has 1 aromatic heterocycles. The molecule has 2 heterocycles. The lowest BCUT2D eigenvalue weighted by molar-refractivity contribution is -0.198. The molecule has 218 valence electrons. The highest BCUT2D eigenvalue weighted by Crippen LogP contribution is 2.68. The molecule has 2 bridgehead atoms. The van der Waals surface area contributed by atoms with Crippen LogP contribution in [0.25, 0.3) is 0 Å². The second kappa shape index (κ2) is 9.88. The molecule has 0 spiro atoms. The van der Waals surface area contributed by atoms with Gasteiger partial charge < -0.3 is 18.6 Å². The maximum absolute atomic E-state index is 14.4. The first-order valence-corrected chi connectivity index (χ1v) is 14.5. The molecular formula is C32H42O8. The maximum Gasteiger partial charge on any atom is 0.308 e. The van der Waals surface area contributed by atoms with Gasteiger partial charge in [-0.15, -0.1) is 0 Å². The van der Waals surface area contributed by atoms with Gasteiger partial charge in [-0.3, -0.25) is 19.2 Å². The van der Waals surface area contributed by atoms with Gasteiger partial charge >= 0.3 is 17.9 Å². The summed E-state index contributed by atoms with van der Waals surface area (Å²) < 4.78 is 22.6. The predicted octanol–water partition coefficient (Wildman–Crippen LogP) is 5.61. The highest BCUT2D eigenvalue weighted by Gasteiger charge is 2.69. The summed E-state index contributed by atoms with van der Waals surface area (Å²) in [5.41, 5.74) is -0.0944. The number of carbonyl (C=O) groups is 4. The normalized spacial score (nSPS) is 38.7. The van der Waals surface area contributed by atoms with Gasteiger partial charge in [0.15, 0.2) is 0 Å². The van der Waals surface area contributed by atoms with E-state index in [0.29, 0.717) is 12.8 Å². The van der Waals surface area contributed by atoms with Crippen molar-refractivity contribution < 1.29 is 37.8 Å². The maximum atomic E-state index is 14.4. The number of ether oxygens (including phenoxy) is 3. The molecule has 5 rings (SSSR count). The number of methoxy groups -OCH3 is 1. The van der Waals surface area contributed by atoms with Gasteiger partial charge in [-0.1, -0.05) is 53.2 Å².